The van der Waals surface area contributed by atoms with Gasteiger partial charge < -0.3 is 0 Å². The van der Waals surface area contributed by atoms with Crippen LogP contribution in [0.4, 0.5) is 0 Å². The maximum absolute atomic E-state index is 11.2. The quantitative estimate of drug-likeness (QED) is 0.713. The number of nitrogens with zero attached hydrogens (tertiary/aromatic N) is 1. The normalized spacial score (nSPS) is 14.7. The first-order chi connectivity index (χ1) is 5.54. The van der Waals surface area contributed by atoms with E-state index in [1.807, 2.05) is 6.07 Å². The molecule has 0 fully saturated rings. The highest BCUT2D eigenvalue weighted by Crippen LogP contribution is 2.10. The molecule has 0 bridgehead atoms. The summed E-state index contributed by atoms with van der Waals surface area (Å²) in [7, 11) is -2.69. The third kappa shape index (κ3) is 1.83. The monoisotopic (exact) mass is 180 g/mol. The smallest absolute Gasteiger partial charge is 0.0992 e. The Morgan fingerprint density at radius 2 is 2.25 bits per heavy atom. The lowest BCUT2D eigenvalue weighted by atomic mass is 10.2. The molecular weight excluding hydrogens is 172 g/mol. The highest BCUT2D eigenvalue weighted by molar-refractivity contribution is 7.91. The Morgan fingerprint density at radius 1 is 1.58 bits per heavy atom. The summed E-state index contributed by atoms with van der Waals surface area (Å²) < 4.78 is 18.5. The molecule has 0 aromatic heterocycles. The number of nitriles is 1. The second kappa shape index (κ2) is 2.95. The van der Waals surface area contributed by atoms with Crippen molar-refractivity contribution in [3.8, 4) is 6.07 Å². The summed E-state index contributed by atoms with van der Waals surface area (Å²) in [6.45, 7) is 0. The van der Waals surface area contributed by atoms with Crippen LogP contribution in [0.1, 0.15) is 5.56 Å². The topological polar surface area (TPSA) is 64.7 Å². The second-order valence-electron chi connectivity index (χ2n) is 2.48. The number of nitrogens with one attached hydrogen (secondary N) is 1. The van der Waals surface area contributed by atoms with E-state index in [4.69, 9.17) is 10.0 Å². The van der Waals surface area contributed by atoms with Gasteiger partial charge in [0.25, 0.3) is 0 Å². The lowest BCUT2D eigenvalue weighted by molar-refractivity contribution is 0.679. The molecule has 0 amide bonds. The fourth-order valence-electron chi connectivity index (χ4n) is 0.808. The molecule has 3 nitrogen and oxygen atoms in total. The largest absolute Gasteiger partial charge is 0.249 e. The van der Waals surface area contributed by atoms with Gasteiger partial charge in [0, 0.05) is 11.2 Å². The molecule has 4 heteroatoms. The fourth-order valence-corrected chi connectivity index (χ4v) is 1.50. The molecule has 0 spiro atoms. The molecule has 0 heterocycles. The van der Waals surface area contributed by atoms with Crippen LogP contribution in [0.3, 0.4) is 0 Å². The van der Waals surface area contributed by atoms with Crippen molar-refractivity contribution in [3.05, 3.63) is 29.8 Å². The van der Waals surface area contributed by atoms with Crippen molar-refractivity contribution in [3.63, 3.8) is 0 Å². The van der Waals surface area contributed by atoms with Gasteiger partial charge in [0.1, 0.15) is 0 Å². The van der Waals surface area contributed by atoms with E-state index in [9.17, 15) is 4.21 Å². The summed E-state index contributed by atoms with van der Waals surface area (Å²) in [5.41, 5.74) is 0.439. The number of benzene rings is 1. The molecule has 0 aliphatic rings. The highest BCUT2D eigenvalue weighted by atomic mass is 32.2. The molecule has 0 saturated heterocycles. The Hall–Kier alpha value is -1.34. The minimum absolute atomic E-state index is 0.404. The predicted octanol–water partition coefficient (Wildman–Crippen LogP) is 1.59. The fraction of sp³-hybridized carbons (Fsp3) is 0.125. The Bertz CT molecular complexity index is 429. The SMILES string of the molecule is CS(=N)(=O)c1cccc(C#N)c1. The lowest BCUT2D eigenvalue weighted by Crippen LogP contribution is -1.94. The van der Waals surface area contributed by atoms with Gasteiger partial charge in [0.05, 0.1) is 21.4 Å². The van der Waals surface area contributed by atoms with Crippen LogP contribution in [0.5, 0.6) is 0 Å². The Balaban J connectivity index is 3.32. The van der Waals surface area contributed by atoms with Gasteiger partial charge in [-0.1, -0.05) is 6.07 Å². The molecule has 0 aliphatic carbocycles. The standard InChI is InChI=1S/C8H8N2OS/c1-12(10,11)8-4-2-3-7(5-8)6-9/h2-5,10H,1H3. The zero-order chi connectivity index (χ0) is 9.19. The van der Waals surface area contributed by atoms with E-state index in [-0.39, 0.29) is 0 Å². The van der Waals surface area contributed by atoms with Gasteiger partial charge in [0.15, 0.2) is 0 Å². The van der Waals surface area contributed by atoms with Crippen LogP contribution in [-0.2, 0) is 9.73 Å². The van der Waals surface area contributed by atoms with E-state index in [2.05, 4.69) is 0 Å². The molecule has 1 aromatic carbocycles. The van der Waals surface area contributed by atoms with Crippen molar-refractivity contribution in [1.29, 1.82) is 10.0 Å². The van der Waals surface area contributed by atoms with Gasteiger partial charge in [-0.25, -0.2) is 8.99 Å². The van der Waals surface area contributed by atoms with E-state index in [1.54, 1.807) is 18.2 Å². The number of hydrogen-bond donors (Lipinski definition) is 1. The summed E-state index contributed by atoms with van der Waals surface area (Å²) >= 11 is 0. The lowest BCUT2D eigenvalue weighted by Gasteiger charge is -1.99. The third-order valence-corrected chi connectivity index (χ3v) is 2.57. The number of hydrogen-bond acceptors (Lipinski definition) is 3. The first-order valence-corrected chi connectivity index (χ1v) is 5.24. The van der Waals surface area contributed by atoms with Crippen LogP contribution in [0.25, 0.3) is 0 Å². The molecule has 1 unspecified atom stereocenters. The summed E-state index contributed by atoms with van der Waals surface area (Å²) in [6, 6.07) is 8.26. The number of rotatable bonds is 1. The van der Waals surface area contributed by atoms with Crippen LogP contribution < -0.4 is 0 Å². The first kappa shape index (κ1) is 8.75. The molecule has 0 radical (unpaired) electrons. The van der Waals surface area contributed by atoms with Crippen molar-refractivity contribution in [2.24, 2.45) is 0 Å². The summed E-state index contributed by atoms with van der Waals surface area (Å²) in [6.07, 6.45) is 1.34. The third-order valence-electron chi connectivity index (χ3n) is 1.41. The van der Waals surface area contributed by atoms with Crippen LogP contribution in [0, 0.1) is 16.1 Å². The van der Waals surface area contributed by atoms with E-state index in [1.165, 1.54) is 12.3 Å². The van der Waals surface area contributed by atoms with E-state index >= 15 is 0 Å². The van der Waals surface area contributed by atoms with Crippen LogP contribution in [0.2, 0.25) is 0 Å². The Kier molecular flexibility index (Phi) is 2.15. The minimum Gasteiger partial charge on any atom is -0.249 e. The zero-order valence-electron chi connectivity index (χ0n) is 6.57. The molecule has 1 rings (SSSR count). The van der Waals surface area contributed by atoms with E-state index in [0.29, 0.717) is 10.5 Å². The van der Waals surface area contributed by atoms with Crippen LogP contribution in [0.15, 0.2) is 29.2 Å². The van der Waals surface area contributed by atoms with Crippen molar-refractivity contribution in [1.82, 2.24) is 0 Å². The molecule has 1 aromatic rings. The zero-order valence-corrected chi connectivity index (χ0v) is 7.39. The van der Waals surface area contributed by atoms with Crippen LogP contribution >= 0.6 is 0 Å². The van der Waals surface area contributed by atoms with Gasteiger partial charge in [-0.15, -0.1) is 0 Å². The van der Waals surface area contributed by atoms with Gasteiger partial charge >= 0.3 is 0 Å². The summed E-state index contributed by atoms with van der Waals surface area (Å²) in [5.74, 6) is 0. The average molecular weight is 180 g/mol. The molecular formula is C8H8N2OS. The maximum Gasteiger partial charge on any atom is 0.0992 e. The average Bonchev–Trinajstić information content (AvgIpc) is 2.03. The molecule has 0 aliphatic heterocycles. The van der Waals surface area contributed by atoms with Gasteiger partial charge in [-0.05, 0) is 18.2 Å². The maximum atomic E-state index is 11.2. The highest BCUT2D eigenvalue weighted by Gasteiger charge is 2.02. The first-order valence-electron chi connectivity index (χ1n) is 3.28. The van der Waals surface area contributed by atoms with Gasteiger partial charge in [-0.2, -0.15) is 5.26 Å². The molecule has 0 saturated carbocycles. The minimum atomic E-state index is -2.69. The van der Waals surface area contributed by atoms with E-state index in [0.717, 1.165) is 0 Å². The predicted molar refractivity (Wildman–Crippen MR) is 46.2 cm³/mol. The van der Waals surface area contributed by atoms with Gasteiger partial charge in [-0.3, -0.25) is 0 Å². The van der Waals surface area contributed by atoms with Crippen LogP contribution in [-0.4, -0.2) is 10.5 Å². The van der Waals surface area contributed by atoms with Crippen molar-refractivity contribution >= 4 is 9.73 Å². The molecule has 62 valence electrons. The van der Waals surface area contributed by atoms with Gasteiger partial charge in [0.2, 0.25) is 0 Å². The van der Waals surface area contributed by atoms with E-state index < -0.39 is 9.73 Å². The Labute approximate surface area is 71.6 Å². The molecule has 1 atom stereocenters. The van der Waals surface area contributed by atoms with Crippen molar-refractivity contribution in [2.75, 3.05) is 6.26 Å². The molecule has 1 N–H and O–H groups in total. The van der Waals surface area contributed by atoms with Crippen molar-refractivity contribution in [2.45, 2.75) is 4.90 Å². The summed E-state index contributed by atoms with van der Waals surface area (Å²) in [4.78, 5) is 0.404. The second-order valence-corrected chi connectivity index (χ2v) is 4.64. The summed E-state index contributed by atoms with van der Waals surface area (Å²) in [5, 5.41) is 8.52. The molecule has 12 heavy (non-hydrogen) atoms. The Morgan fingerprint density at radius 3 is 2.75 bits per heavy atom. The van der Waals surface area contributed by atoms with Crippen molar-refractivity contribution < 1.29 is 4.21 Å².